The molecule has 5 nitrogen and oxygen atoms in total. The highest BCUT2D eigenvalue weighted by Gasteiger charge is 2.13. The number of ketones is 1. The maximum atomic E-state index is 11.8. The number of hydrogen-bond donors (Lipinski definition) is 0. The zero-order valence-corrected chi connectivity index (χ0v) is 10.2. The van der Waals surface area contributed by atoms with Gasteiger partial charge in [-0.1, -0.05) is 17.3 Å². The minimum absolute atomic E-state index is 0.130. The summed E-state index contributed by atoms with van der Waals surface area (Å²) in [4.78, 5) is 27.5. The predicted octanol–water partition coefficient (Wildman–Crippen LogP) is 1.90. The van der Waals surface area contributed by atoms with Crippen LogP contribution < -0.4 is 4.74 Å². The Hall–Kier alpha value is -2.69. The summed E-state index contributed by atoms with van der Waals surface area (Å²) in [5.41, 5.74) is 0.678. The largest absolute Gasteiger partial charge is 0.496 e. The second kappa shape index (κ2) is 5.77. The maximum Gasteiger partial charge on any atom is 0.369 e. The summed E-state index contributed by atoms with van der Waals surface area (Å²) >= 11 is 0. The third-order valence-electron chi connectivity index (χ3n) is 2.40. The molecule has 0 saturated heterocycles. The number of nitrogens with zero attached hydrogens (tertiary/aromatic N) is 1. The van der Waals surface area contributed by atoms with Gasteiger partial charge in [-0.25, -0.2) is 4.79 Å². The SMILES string of the molecule is COc1ccccc1C(=O)ON=C1C=CC(=O)C=C1. The van der Waals surface area contributed by atoms with Crippen molar-refractivity contribution in [3.63, 3.8) is 0 Å². The smallest absolute Gasteiger partial charge is 0.369 e. The van der Waals surface area contributed by atoms with Crippen molar-refractivity contribution >= 4 is 17.5 Å². The monoisotopic (exact) mass is 257 g/mol. The van der Waals surface area contributed by atoms with Crippen LogP contribution in [0.25, 0.3) is 0 Å². The van der Waals surface area contributed by atoms with Crippen LogP contribution in [0.1, 0.15) is 10.4 Å². The van der Waals surface area contributed by atoms with E-state index < -0.39 is 5.97 Å². The Bertz CT molecular complexity index is 581. The summed E-state index contributed by atoms with van der Waals surface area (Å²) in [6.07, 6.45) is 5.63. The molecule has 0 bridgehead atoms. The summed E-state index contributed by atoms with van der Waals surface area (Å²) < 4.78 is 5.05. The molecule has 0 N–H and O–H groups in total. The average Bonchev–Trinajstić information content (AvgIpc) is 2.46. The minimum atomic E-state index is -0.622. The molecule has 1 aromatic carbocycles. The number of carbonyl (C=O) groups excluding carboxylic acids is 2. The fraction of sp³-hybridized carbons (Fsp3) is 0.0714. The lowest BCUT2D eigenvalue weighted by molar-refractivity contribution is -0.110. The van der Waals surface area contributed by atoms with Gasteiger partial charge in [-0.2, -0.15) is 0 Å². The molecule has 0 fully saturated rings. The maximum absolute atomic E-state index is 11.8. The Balaban J connectivity index is 2.10. The Morgan fingerprint density at radius 2 is 1.79 bits per heavy atom. The van der Waals surface area contributed by atoms with Crippen LogP contribution in [0.15, 0.2) is 53.7 Å². The zero-order valence-electron chi connectivity index (χ0n) is 10.2. The molecule has 0 radical (unpaired) electrons. The van der Waals surface area contributed by atoms with Crippen LogP contribution in [0, 0.1) is 0 Å². The number of hydrogen-bond acceptors (Lipinski definition) is 5. The first-order valence-corrected chi connectivity index (χ1v) is 5.53. The first-order valence-electron chi connectivity index (χ1n) is 5.53. The second-order valence-corrected chi connectivity index (χ2v) is 3.66. The summed E-state index contributed by atoms with van der Waals surface area (Å²) in [7, 11) is 1.47. The third kappa shape index (κ3) is 3.16. The van der Waals surface area contributed by atoms with Gasteiger partial charge in [0.1, 0.15) is 17.0 Å². The molecule has 0 heterocycles. The van der Waals surface area contributed by atoms with E-state index in [-0.39, 0.29) is 11.3 Å². The molecule has 0 unspecified atom stereocenters. The van der Waals surface area contributed by atoms with Crippen LogP contribution in [0.2, 0.25) is 0 Å². The van der Waals surface area contributed by atoms with Crippen LogP contribution in [-0.2, 0) is 9.63 Å². The highest BCUT2D eigenvalue weighted by molar-refractivity contribution is 6.16. The van der Waals surface area contributed by atoms with Crippen molar-refractivity contribution in [3.8, 4) is 5.75 Å². The number of benzene rings is 1. The van der Waals surface area contributed by atoms with Gasteiger partial charge in [0.25, 0.3) is 0 Å². The van der Waals surface area contributed by atoms with Crippen molar-refractivity contribution in [2.45, 2.75) is 0 Å². The highest BCUT2D eigenvalue weighted by Crippen LogP contribution is 2.18. The highest BCUT2D eigenvalue weighted by atomic mass is 16.7. The van der Waals surface area contributed by atoms with Gasteiger partial charge in [-0.15, -0.1) is 0 Å². The molecule has 0 saturated carbocycles. The topological polar surface area (TPSA) is 65.0 Å². The van der Waals surface area contributed by atoms with E-state index >= 15 is 0 Å². The van der Waals surface area contributed by atoms with Gasteiger partial charge in [0, 0.05) is 0 Å². The van der Waals surface area contributed by atoms with Gasteiger partial charge in [-0.3, -0.25) is 4.79 Å². The summed E-state index contributed by atoms with van der Waals surface area (Å²) in [5, 5.41) is 3.66. The number of rotatable bonds is 3. The average molecular weight is 257 g/mol. The molecular weight excluding hydrogens is 246 g/mol. The summed E-state index contributed by atoms with van der Waals surface area (Å²) in [6.45, 7) is 0. The fourth-order valence-electron chi connectivity index (χ4n) is 1.46. The summed E-state index contributed by atoms with van der Waals surface area (Å²) in [6, 6.07) is 6.69. The van der Waals surface area contributed by atoms with Gasteiger partial charge >= 0.3 is 5.97 Å². The fourth-order valence-corrected chi connectivity index (χ4v) is 1.46. The van der Waals surface area contributed by atoms with E-state index in [1.807, 2.05) is 0 Å². The Morgan fingerprint density at radius 3 is 2.47 bits per heavy atom. The molecule has 96 valence electrons. The van der Waals surface area contributed by atoms with Crippen molar-refractivity contribution in [3.05, 3.63) is 54.1 Å². The molecule has 0 atom stereocenters. The molecule has 5 heteroatoms. The Labute approximate surface area is 109 Å². The van der Waals surface area contributed by atoms with Crippen LogP contribution >= 0.6 is 0 Å². The lowest BCUT2D eigenvalue weighted by Crippen LogP contribution is -2.06. The molecule has 0 aliphatic heterocycles. The number of ether oxygens (including phenoxy) is 1. The second-order valence-electron chi connectivity index (χ2n) is 3.66. The lowest BCUT2D eigenvalue weighted by Gasteiger charge is -2.05. The predicted molar refractivity (Wildman–Crippen MR) is 69.1 cm³/mol. The van der Waals surface area contributed by atoms with Crippen LogP contribution in [0.5, 0.6) is 5.75 Å². The van der Waals surface area contributed by atoms with E-state index in [0.717, 1.165) is 0 Å². The van der Waals surface area contributed by atoms with Crippen molar-refractivity contribution in [1.82, 2.24) is 0 Å². The van der Waals surface area contributed by atoms with E-state index in [4.69, 9.17) is 9.57 Å². The van der Waals surface area contributed by atoms with Crippen molar-refractivity contribution < 1.29 is 19.2 Å². The van der Waals surface area contributed by atoms with Crippen molar-refractivity contribution in [2.75, 3.05) is 7.11 Å². The molecule has 0 spiro atoms. The third-order valence-corrected chi connectivity index (χ3v) is 2.40. The first kappa shape index (κ1) is 12.8. The Kier molecular flexibility index (Phi) is 3.87. The van der Waals surface area contributed by atoms with Gasteiger partial charge in [-0.05, 0) is 36.4 Å². The minimum Gasteiger partial charge on any atom is -0.496 e. The normalized spacial score (nSPS) is 13.3. The van der Waals surface area contributed by atoms with E-state index in [0.29, 0.717) is 11.5 Å². The van der Waals surface area contributed by atoms with Gasteiger partial charge < -0.3 is 9.57 Å². The van der Waals surface area contributed by atoms with Crippen LogP contribution in [0.3, 0.4) is 0 Å². The van der Waals surface area contributed by atoms with Gasteiger partial charge in [0.05, 0.1) is 7.11 Å². The number of carbonyl (C=O) groups is 2. The van der Waals surface area contributed by atoms with E-state index in [1.54, 1.807) is 24.3 Å². The molecule has 19 heavy (non-hydrogen) atoms. The van der Waals surface area contributed by atoms with Gasteiger partial charge in [0.2, 0.25) is 0 Å². The molecule has 1 aliphatic carbocycles. The first-order chi connectivity index (χ1) is 9.20. The van der Waals surface area contributed by atoms with Gasteiger partial charge in [0.15, 0.2) is 5.78 Å². The molecule has 0 amide bonds. The molecular formula is C14H11NO4. The van der Waals surface area contributed by atoms with Crippen LogP contribution in [-0.4, -0.2) is 24.6 Å². The number of oxime groups is 1. The molecule has 0 aromatic heterocycles. The van der Waals surface area contributed by atoms with Crippen molar-refractivity contribution in [1.29, 1.82) is 0 Å². The van der Waals surface area contributed by atoms with E-state index in [1.165, 1.54) is 31.4 Å². The standard InChI is InChI=1S/C14H11NO4/c1-18-13-5-3-2-4-12(13)14(17)19-15-10-6-8-11(16)9-7-10/h2-9H,1H3. The summed E-state index contributed by atoms with van der Waals surface area (Å²) in [5.74, 6) is -0.337. The molecule has 2 rings (SSSR count). The number of methoxy groups -OCH3 is 1. The van der Waals surface area contributed by atoms with Crippen molar-refractivity contribution in [2.24, 2.45) is 5.16 Å². The van der Waals surface area contributed by atoms with E-state index in [9.17, 15) is 9.59 Å². The zero-order chi connectivity index (χ0) is 13.7. The Morgan fingerprint density at radius 1 is 1.11 bits per heavy atom. The van der Waals surface area contributed by atoms with Crippen LogP contribution in [0.4, 0.5) is 0 Å². The van der Waals surface area contributed by atoms with E-state index in [2.05, 4.69) is 5.16 Å². The quantitative estimate of drug-likeness (QED) is 0.471. The number of allylic oxidation sites excluding steroid dienone is 4. The lowest BCUT2D eigenvalue weighted by atomic mass is 10.2. The number of para-hydroxylation sites is 1. The molecule has 1 aromatic rings. The molecule has 1 aliphatic rings.